The SMILES string of the molecule is CCCOc1ccc(CN2C(=O)NC(=O)/C(=C\c3ccccc3OC)C2=O)cc1OC. The van der Waals surface area contributed by atoms with Gasteiger partial charge in [-0.25, -0.2) is 4.79 Å². The summed E-state index contributed by atoms with van der Waals surface area (Å²) >= 11 is 0. The van der Waals surface area contributed by atoms with Gasteiger partial charge >= 0.3 is 6.03 Å². The molecular weight excluding hydrogens is 400 g/mol. The van der Waals surface area contributed by atoms with Crippen LogP contribution in [0, 0.1) is 0 Å². The van der Waals surface area contributed by atoms with E-state index in [9.17, 15) is 14.4 Å². The van der Waals surface area contributed by atoms with Crippen molar-refractivity contribution in [3.63, 3.8) is 0 Å². The van der Waals surface area contributed by atoms with Crippen LogP contribution in [0.1, 0.15) is 24.5 Å². The average molecular weight is 424 g/mol. The highest BCUT2D eigenvalue weighted by Gasteiger charge is 2.36. The zero-order chi connectivity index (χ0) is 22.4. The number of carbonyl (C=O) groups is 3. The molecule has 0 aromatic heterocycles. The molecule has 0 aliphatic carbocycles. The number of nitrogens with zero attached hydrogens (tertiary/aromatic N) is 1. The summed E-state index contributed by atoms with van der Waals surface area (Å²) < 4.78 is 16.3. The number of imide groups is 2. The molecule has 31 heavy (non-hydrogen) atoms. The van der Waals surface area contributed by atoms with Crippen LogP contribution in [0.25, 0.3) is 6.08 Å². The third-order valence-corrected chi connectivity index (χ3v) is 4.65. The van der Waals surface area contributed by atoms with Gasteiger partial charge in [0.1, 0.15) is 11.3 Å². The Morgan fingerprint density at radius 3 is 2.42 bits per heavy atom. The molecule has 1 aliphatic heterocycles. The third-order valence-electron chi connectivity index (χ3n) is 4.65. The fourth-order valence-corrected chi connectivity index (χ4v) is 3.10. The van der Waals surface area contributed by atoms with E-state index in [1.165, 1.54) is 20.3 Å². The molecule has 1 aliphatic rings. The summed E-state index contributed by atoms with van der Waals surface area (Å²) in [6.07, 6.45) is 2.26. The highest BCUT2D eigenvalue weighted by molar-refractivity contribution is 6.31. The van der Waals surface area contributed by atoms with Crippen molar-refractivity contribution in [1.29, 1.82) is 0 Å². The van der Waals surface area contributed by atoms with Crippen LogP contribution in [0.3, 0.4) is 0 Å². The summed E-state index contributed by atoms with van der Waals surface area (Å²) in [7, 11) is 3.01. The van der Waals surface area contributed by atoms with Gasteiger partial charge in [-0.05, 0) is 36.3 Å². The second-order valence-electron chi connectivity index (χ2n) is 6.78. The van der Waals surface area contributed by atoms with Gasteiger partial charge in [0.2, 0.25) is 0 Å². The van der Waals surface area contributed by atoms with Gasteiger partial charge in [-0.2, -0.15) is 0 Å². The lowest BCUT2D eigenvalue weighted by atomic mass is 10.1. The van der Waals surface area contributed by atoms with Crippen LogP contribution in [0.2, 0.25) is 0 Å². The van der Waals surface area contributed by atoms with E-state index in [4.69, 9.17) is 14.2 Å². The zero-order valence-corrected chi connectivity index (χ0v) is 17.6. The third kappa shape index (κ3) is 4.85. The second kappa shape index (κ2) is 9.80. The lowest BCUT2D eigenvalue weighted by Gasteiger charge is -2.26. The molecule has 1 heterocycles. The minimum absolute atomic E-state index is 0.0361. The van der Waals surface area contributed by atoms with Crippen LogP contribution in [0.4, 0.5) is 4.79 Å². The van der Waals surface area contributed by atoms with E-state index in [2.05, 4.69) is 5.32 Å². The van der Waals surface area contributed by atoms with Gasteiger partial charge in [-0.15, -0.1) is 0 Å². The molecule has 3 rings (SSSR count). The number of methoxy groups -OCH3 is 2. The summed E-state index contributed by atoms with van der Waals surface area (Å²) in [6.45, 7) is 2.51. The predicted molar refractivity (Wildman–Crippen MR) is 114 cm³/mol. The molecule has 2 aromatic carbocycles. The van der Waals surface area contributed by atoms with Crippen LogP contribution in [0.15, 0.2) is 48.0 Å². The number of carbonyl (C=O) groups excluding carboxylic acids is 3. The topological polar surface area (TPSA) is 94.2 Å². The number of hydrogen-bond acceptors (Lipinski definition) is 6. The number of rotatable bonds is 8. The Kier molecular flexibility index (Phi) is 6.92. The Labute approximate surface area is 180 Å². The number of amides is 4. The Bertz CT molecular complexity index is 1030. The van der Waals surface area contributed by atoms with Crippen molar-refractivity contribution in [2.24, 2.45) is 0 Å². The van der Waals surface area contributed by atoms with Gasteiger partial charge in [-0.1, -0.05) is 31.2 Å². The summed E-state index contributed by atoms with van der Waals surface area (Å²) in [5, 5.41) is 2.22. The fourth-order valence-electron chi connectivity index (χ4n) is 3.10. The first kappa shape index (κ1) is 21.9. The molecule has 0 saturated carbocycles. The lowest BCUT2D eigenvalue weighted by Crippen LogP contribution is -2.53. The molecule has 1 fully saturated rings. The summed E-state index contributed by atoms with van der Waals surface area (Å²) in [5.74, 6) is 0.139. The molecule has 1 saturated heterocycles. The van der Waals surface area contributed by atoms with Crippen LogP contribution in [-0.2, 0) is 16.1 Å². The van der Waals surface area contributed by atoms with E-state index in [0.29, 0.717) is 35.0 Å². The molecule has 8 nitrogen and oxygen atoms in total. The number of urea groups is 1. The van der Waals surface area contributed by atoms with E-state index >= 15 is 0 Å². The maximum Gasteiger partial charge on any atom is 0.331 e. The quantitative estimate of drug-likeness (QED) is 0.517. The number of para-hydroxylation sites is 1. The summed E-state index contributed by atoms with van der Waals surface area (Å²) in [4.78, 5) is 38.7. The van der Waals surface area contributed by atoms with Gasteiger partial charge in [-0.3, -0.25) is 19.8 Å². The maximum absolute atomic E-state index is 13.0. The van der Waals surface area contributed by atoms with E-state index < -0.39 is 17.8 Å². The Hall–Kier alpha value is -3.81. The van der Waals surface area contributed by atoms with Gasteiger partial charge in [0, 0.05) is 5.56 Å². The normalized spacial score (nSPS) is 15.1. The van der Waals surface area contributed by atoms with Crippen molar-refractivity contribution in [3.8, 4) is 17.2 Å². The van der Waals surface area contributed by atoms with Crippen LogP contribution < -0.4 is 19.5 Å². The maximum atomic E-state index is 13.0. The van der Waals surface area contributed by atoms with Gasteiger partial charge < -0.3 is 14.2 Å². The van der Waals surface area contributed by atoms with Crippen LogP contribution in [0.5, 0.6) is 17.2 Å². The Balaban J connectivity index is 1.88. The lowest BCUT2D eigenvalue weighted by molar-refractivity contribution is -0.130. The molecule has 2 aromatic rings. The minimum Gasteiger partial charge on any atom is -0.496 e. The summed E-state index contributed by atoms with van der Waals surface area (Å²) in [6, 6.07) is 11.4. The molecule has 8 heteroatoms. The van der Waals surface area contributed by atoms with Gasteiger partial charge in [0.15, 0.2) is 11.5 Å². The predicted octanol–water partition coefficient (Wildman–Crippen LogP) is 3.15. The van der Waals surface area contributed by atoms with E-state index in [-0.39, 0.29) is 12.1 Å². The first-order chi connectivity index (χ1) is 15.0. The highest BCUT2D eigenvalue weighted by Crippen LogP contribution is 2.29. The van der Waals surface area contributed by atoms with Crippen molar-refractivity contribution in [3.05, 3.63) is 59.2 Å². The van der Waals surface area contributed by atoms with Gasteiger partial charge in [0.05, 0.1) is 27.4 Å². The van der Waals surface area contributed by atoms with Crippen molar-refractivity contribution in [1.82, 2.24) is 10.2 Å². The minimum atomic E-state index is -0.780. The van der Waals surface area contributed by atoms with Crippen molar-refractivity contribution < 1.29 is 28.6 Å². The molecule has 0 unspecified atom stereocenters. The molecule has 162 valence electrons. The van der Waals surface area contributed by atoms with Gasteiger partial charge in [0.25, 0.3) is 11.8 Å². The smallest absolute Gasteiger partial charge is 0.331 e. The van der Waals surface area contributed by atoms with Crippen molar-refractivity contribution >= 4 is 23.9 Å². The average Bonchev–Trinajstić information content (AvgIpc) is 2.78. The molecule has 0 spiro atoms. The summed E-state index contributed by atoms with van der Waals surface area (Å²) in [5.41, 5.74) is 1.05. The monoisotopic (exact) mass is 424 g/mol. The number of nitrogens with one attached hydrogen (secondary N) is 1. The molecule has 1 N–H and O–H groups in total. The van der Waals surface area contributed by atoms with Crippen molar-refractivity contribution in [2.45, 2.75) is 19.9 Å². The van der Waals surface area contributed by atoms with E-state index in [1.54, 1.807) is 42.5 Å². The molecule has 0 atom stereocenters. The molecular formula is C23H24N2O6. The van der Waals surface area contributed by atoms with Crippen molar-refractivity contribution in [2.75, 3.05) is 20.8 Å². The first-order valence-electron chi connectivity index (χ1n) is 9.80. The first-order valence-corrected chi connectivity index (χ1v) is 9.80. The zero-order valence-electron chi connectivity index (χ0n) is 17.6. The van der Waals surface area contributed by atoms with E-state index in [1.807, 2.05) is 6.92 Å². The standard InChI is InChI=1S/C23H24N2O6/c1-4-11-31-19-10-9-15(12-20(19)30-3)14-25-22(27)17(21(26)24-23(25)28)13-16-7-5-6-8-18(16)29-2/h5-10,12-13H,4,11,14H2,1-3H3,(H,24,26,28)/b17-13+. The fraction of sp³-hybridized carbons (Fsp3) is 0.261. The number of benzene rings is 2. The molecule has 0 bridgehead atoms. The molecule has 0 radical (unpaired) electrons. The number of ether oxygens (including phenoxy) is 3. The van der Waals surface area contributed by atoms with Crippen LogP contribution in [-0.4, -0.2) is 43.6 Å². The molecule has 4 amide bonds. The van der Waals surface area contributed by atoms with Crippen LogP contribution >= 0.6 is 0 Å². The van der Waals surface area contributed by atoms with E-state index in [0.717, 1.165) is 11.3 Å². The second-order valence-corrected chi connectivity index (χ2v) is 6.78. The number of hydrogen-bond donors (Lipinski definition) is 1. The largest absolute Gasteiger partial charge is 0.496 e. The highest BCUT2D eigenvalue weighted by atomic mass is 16.5. The number of barbiturate groups is 1. The Morgan fingerprint density at radius 2 is 1.71 bits per heavy atom. The Morgan fingerprint density at radius 1 is 0.968 bits per heavy atom.